The van der Waals surface area contributed by atoms with Crippen molar-refractivity contribution in [3.63, 3.8) is 0 Å². The van der Waals surface area contributed by atoms with E-state index in [2.05, 4.69) is 5.32 Å². The monoisotopic (exact) mass is 481 g/mol. The second kappa shape index (κ2) is 8.87. The fourth-order valence-corrected chi connectivity index (χ4v) is 7.58. The summed E-state index contributed by atoms with van der Waals surface area (Å²) >= 11 is 1.62. The van der Waals surface area contributed by atoms with Crippen molar-refractivity contribution in [2.45, 2.75) is 74.8 Å². The van der Waals surface area contributed by atoms with Gasteiger partial charge < -0.3 is 15.0 Å². The van der Waals surface area contributed by atoms with Crippen molar-refractivity contribution in [1.29, 1.82) is 0 Å². The van der Waals surface area contributed by atoms with Crippen molar-refractivity contribution in [2.24, 2.45) is 0 Å². The molecule has 3 fully saturated rings. The van der Waals surface area contributed by atoms with Gasteiger partial charge in [0.15, 0.2) is 0 Å². The number of hydrogen-bond acceptors (Lipinski definition) is 6. The second-order valence-electron chi connectivity index (χ2n) is 9.04. The Labute approximate surface area is 194 Å². The molecule has 176 valence electrons. The fraction of sp³-hybridized carbons (Fsp3) is 0.636. The van der Waals surface area contributed by atoms with Gasteiger partial charge in [-0.15, -0.1) is 11.8 Å². The molecule has 32 heavy (non-hydrogen) atoms. The molecule has 1 aromatic rings. The van der Waals surface area contributed by atoms with Gasteiger partial charge in [0.25, 0.3) is 0 Å². The van der Waals surface area contributed by atoms with Crippen LogP contribution in [0.1, 0.15) is 52.9 Å². The Morgan fingerprint density at radius 2 is 1.97 bits per heavy atom. The summed E-state index contributed by atoms with van der Waals surface area (Å²) in [6, 6.07) is 4.02. The Kier molecular flexibility index (Phi) is 6.48. The Hall–Kier alpha value is -1.78. The smallest absolute Gasteiger partial charge is 0.248 e. The maximum atomic E-state index is 13.2. The summed E-state index contributed by atoms with van der Waals surface area (Å²) in [6.07, 6.45) is 3.74. The van der Waals surface area contributed by atoms with E-state index < -0.39 is 16.1 Å². The summed E-state index contributed by atoms with van der Waals surface area (Å²) < 4.78 is 33.7. The maximum Gasteiger partial charge on any atom is 0.248 e. The molecule has 3 aliphatic heterocycles. The lowest BCUT2D eigenvalue weighted by Crippen LogP contribution is -2.48. The highest BCUT2D eigenvalue weighted by Crippen LogP contribution is 2.47. The molecule has 0 radical (unpaired) electrons. The first-order chi connectivity index (χ1) is 15.1. The molecule has 0 spiro atoms. The molecule has 1 N–H and O–H groups in total. The van der Waals surface area contributed by atoms with E-state index in [-0.39, 0.29) is 27.7 Å². The van der Waals surface area contributed by atoms with E-state index in [0.29, 0.717) is 36.7 Å². The number of carbonyl (C=O) groups excluding carboxylic acids is 2. The number of rotatable bonds is 6. The van der Waals surface area contributed by atoms with Crippen LogP contribution in [0.15, 0.2) is 23.1 Å². The molecule has 3 saturated heterocycles. The zero-order valence-electron chi connectivity index (χ0n) is 18.8. The number of sulfonamides is 1. The molecule has 0 bridgehead atoms. The standard InChI is InChI=1S/C22H31N3O5S2/c1-15(2)30-19-8-7-16(32(28,29)24-11-5-4-6-12-24)13-17(19)23-21(27)18-14-31-22(3)10-9-20(26)25(18)22/h7-8,13,15,18H,4-6,9-12,14H2,1-3H3,(H,23,27)/t18-,22+/m1/s1. The average Bonchev–Trinajstić information content (AvgIpc) is 3.25. The third-order valence-electron chi connectivity index (χ3n) is 6.27. The Morgan fingerprint density at radius 3 is 2.66 bits per heavy atom. The molecule has 2 atom stereocenters. The van der Waals surface area contributed by atoms with Crippen LogP contribution in [-0.4, -0.2) is 65.3 Å². The lowest BCUT2D eigenvalue weighted by atomic mass is 10.2. The Balaban J connectivity index is 1.62. The quantitative estimate of drug-likeness (QED) is 0.671. The lowest BCUT2D eigenvalue weighted by Gasteiger charge is -2.30. The van der Waals surface area contributed by atoms with E-state index in [9.17, 15) is 18.0 Å². The van der Waals surface area contributed by atoms with E-state index >= 15 is 0 Å². The number of ether oxygens (including phenoxy) is 1. The molecule has 1 aromatic carbocycles. The molecular weight excluding hydrogens is 450 g/mol. The van der Waals surface area contributed by atoms with Crippen LogP contribution in [0.4, 0.5) is 5.69 Å². The first kappa shape index (κ1) is 23.4. The van der Waals surface area contributed by atoms with Gasteiger partial charge in [-0.05, 0) is 58.2 Å². The van der Waals surface area contributed by atoms with E-state index in [4.69, 9.17) is 4.74 Å². The molecule has 4 rings (SSSR count). The van der Waals surface area contributed by atoms with E-state index in [0.717, 1.165) is 25.7 Å². The molecule has 10 heteroatoms. The number of hydrogen-bond donors (Lipinski definition) is 1. The molecule has 3 aliphatic rings. The minimum absolute atomic E-state index is 0.0160. The highest BCUT2D eigenvalue weighted by Gasteiger charge is 2.53. The summed E-state index contributed by atoms with van der Waals surface area (Å²) in [5.41, 5.74) is 0.312. The summed E-state index contributed by atoms with van der Waals surface area (Å²) in [4.78, 5) is 27.1. The van der Waals surface area contributed by atoms with E-state index in [1.165, 1.54) is 16.4 Å². The highest BCUT2D eigenvalue weighted by atomic mass is 32.2. The predicted octanol–water partition coefficient (Wildman–Crippen LogP) is 3.04. The fourth-order valence-electron chi connectivity index (χ4n) is 4.61. The summed E-state index contributed by atoms with van der Waals surface area (Å²) in [7, 11) is -3.66. The number of nitrogens with one attached hydrogen (secondary N) is 1. The van der Waals surface area contributed by atoms with Crippen LogP contribution >= 0.6 is 11.8 Å². The van der Waals surface area contributed by atoms with Crippen LogP contribution < -0.4 is 10.1 Å². The number of fused-ring (bicyclic) bond motifs is 1. The van der Waals surface area contributed by atoms with Gasteiger partial charge in [0, 0.05) is 25.3 Å². The Bertz CT molecular complexity index is 1010. The van der Waals surface area contributed by atoms with Crippen LogP contribution in [0.3, 0.4) is 0 Å². The van der Waals surface area contributed by atoms with Crippen LogP contribution in [0.2, 0.25) is 0 Å². The molecule has 0 saturated carbocycles. The maximum absolute atomic E-state index is 13.2. The number of anilines is 1. The van der Waals surface area contributed by atoms with E-state index in [1.54, 1.807) is 22.7 Å². The number of benzene rings is 1. The summed E-state index contributed by atoms with van der Waals surface area (Å²) in [5.74, 6) is 0.586. The van der Waals surface area contributed by atoms with Crippen LogP contribution in [0, 0.1) is 0 Å². The van der Waals surface area contributed by atoms with Crippen molar-refractivity contribution >= 4 is 39.3 Å². The lowest BCUT2D eigenvalue weighted by molar-refractivity contribution is -0.135. The predicted molar refractivity (Wildman–Crippen MR) is 124 cm³/mol. The largest absolute Gasteiger partial charge is 0.489 e. The number of carbonyl (C=O) groups is 2. The molecule has 2 amide bonds. The minimum atomic E-state index is -3.66. The van der Waals surface area contributed by atoms with Gasteiger partial charge in [0.05, 0.1) is 21.6 Å². The van der Waals surface area contributed by atoms with Crippen molar-refractivity contribution in [1.82, 2.24) is 9.21 Å². The molecular formula is C22H31N3O5S2. The van der Waals surface area contributed by atoms with Crippen molar-refractivity contribution < 1.29 is 22.7 Å². The first-order valence-electron chi connectivity index (χ1n) is 11.2. The van der Waals surface area contributed by atoms with Gasteiger partial charge in [0.2, 0.25) is 21.8 Å². The SMILES string of the molecule is CC(C)Oc1ccc(S(=O)(=O)N2CCCCC2)cc1NC(=O)[C@H]1CS[C@@]2(C)CCC(=O)N12. The zero-order valence-corrected chi connectivity index (χ0v) is 20.4. The summed E-state index contributed by atoms with van der Waals surface area (Å²) in [5, 5.41) is 2.87. The number of piperidine rings is 1. The molecule has 0 aliphatic carbocycles. The van der Waals surface area contributed by atoms with Crippen LogP contribution in [-0.2, 0) is 19.6 Å². The number of nitrogens with zero attached hydrogens (tertiary/aromatic N) is 2. The van der Waals surface area contributed by atoms with Crippen LogP contribution in [0.5, 0.6) is 5.75 Å². The van der Waals surface area contributed by atoms with Gasteiger partial charge in [-0.2, -0.15) is 4.31 Å². The van der Waals surface area contributed by atoms with Crippen molar-refractivity contribution in [3.05, 3.63) is 18.2 Å². The molecule has 0 unspecified atom stereocenters. The van der Waals surface area contributed by atoms with Crippen molar-refractivity contribution in [2.75, 3.05) is 24.2 Å². The summed E-state index contributed by atoms with van der Waals surface area (Å²) in [6.45, 7) is 6.74. The zero-order chi connectivity index (χ0) is 23.1. The topological polar surface area (TPSA) is 96.0 Å². The highest BCUT2D eigenvalue weighted by molar-refractivity contribution is 8.01. The van der Waals surface area contributed by atoms with Gasteiger partial charge in [-0.25, -0.2) is 8.42 Å². The third-order valence-corrected chi connectivity index (χ3v) is 9.67. The van der Waals surface area contributed by atoms with Crippen molar-refractivity contribution in [3.8, 4) is 5.75 Å². The normalized spacial score (nSPS) is 26.4. The molecule has 3 heterocycles. The second-order valence-corrected chi connectivity index (χ2v) is 12.5. The number of thioether (sulfide) groups is 1. The number of amides is 2. The van der Waals surface area contributed by atoms with Gasteiger partial charge in [0.1, 0.15) is 11.8 Å². The Morgan fingerprint density at radius 1 is 1.25 bits per heavy atom. The molecule has 8 nitrogen and oxygen atoms in total. The van der Waals surface area contributed by atoms with E-state index in [1.807, 2.05) is 20.8 Å². The first-order valence-corrected chi connectivity index (χ1v) is 13.6. The average molecular weight is 482 g/mol. The molecule has 0 aromatic heterocycles. The minimum Gasteiger partial charge on any atom is -0.489 e. The third kappa shape index (κ3) is 4.36. The van der Waals surface area contributed by atoms with Gasteiger partial charge in [-0.1, -0.05) is 6.42 Å². The van der Waals surface area contributed by atoms with Gasteiger partial charge in [-0.3, -0.25) is 9.59 Å². The van der Waals surface area contributed by atoms with Crippen LogP contribution in [0.25, 0.3) is 0 Å². The van der Waals surface area contributed by atoms with Gasteiger partial charge >= 0.3 is 0 Å².